The van der Waals surface area contributed by atoms with Crippen molar-refractivity contribution < 1.29 is 9.59 Å². The Balaban J connectivity index is 2.41. The highest BCUT2D eigenvalue weighted by Gasteiger charge is 2.27. The van der Waals surface area contributed by atoms with Crippen molar-refractivity contribution in [3.05, 3.63) is 22.3 Å². The Kier molecular flexibility index (Phi) is 3.57. The minimum absolute atomic E-state index is 0.148. The number of rotatable bonds is 1. The Bertz CT molecular complexity index is 456. The fraction of sp³-hybridized carbons (Fsp3) is 0.417. The lowest BCUT2D eigenvalue weighted by Crippen LogP contribution is -2.36. The molecule has 1 aromatic rings. The monoisotopic (exact) mass is 296 g/mol. The van der Waals surface area contributed by atoms with E-state index in [0.717, 1.165) is 22.9 Å². The van der Waals surface area contributed by atoms with Crippen LogP contribution in [0.4, 0.5) is 5.82 Å². The number of halogens is 1. The standard InChI is InChI=1S/C12H13BrN2O2/c1-8-6-9(13)7-14-12(8)15-10(16)4-2-3-5-11(15)17/h6-7H,2-5H2,1H3. The first-order valence-electron chi connectivity index (χ1n) is 5.57. The molecule has 2 amide bonds. The fourth-order valence-corrected chi connectivity index (χ4v) is 2.36. The molecular formula is C12H13BrN2O2. The van der Waals surface area contributed by atoms with Crippen LogP contribution in [0, 0.1) is 6.92 Å². The van der Waals surface area contributed by atoms with Gasteiger partial charge < -0.3 is 0 Å². The SMILES string of the molecule is Cc1cc(Br)cnc1N1C(=O)CCCCC1=O. The van der Waals surface area contributed by atoms with Gasteiger partial charge in [-0.2, -0.15) is 0 Å². The number of aromatic nitrogens is 1. The second kappa shape index (κ2) is 4.96. The number of hydrogen-bond acceptors (Lipinski definition) is 3. The van der Waals surface area contributed by atoms with E-state index in [1.165, 1.54) is 4.90 Å². The molecule has 5 heteroatoms. The van der Waals surface area contributed by atoms with Crippen molar-refractivity contribution in [1.29, 1.82) is 0 Å². The van der Waals surface area contributed by atoms with E-state index in [1.54, 1.807) is 6.20 Å². The Labute approximate surface area is 108 Å². The van der Waals surface area contributed by atoms with E-state index in [9.17, 15) is 9.59 Å². The summed E-state index contributed by atoms with van der Waals surface area (Å²) in [5.41, 5.74) is 0.822. The molecule has 0 aromatic carbocycles. The Hall–Kier alpha value is -1.23. The van der Waals surface area contributed by atoms with Crippen molar-refractivity contribution in [3.8, 4) is 0 Å². The van der Waals surface area contributed by atoms with Crippen molar-refractivity contribution in [2.24, 2.45) is 0 Å². The third kappa shape index (κ3) is 2.54. The molecule has 2 heterocycles. The molecule has 0 N–H and O–H groups in total. The minimum Gasteiger partial charge on any atom is -0.274 e. The van der Waals surface area contributed by atoms with Gasteiger partial charge in [0.25, 0.3) is 0 Å². The summed E-state index contributed by atoms with van der Waals surface area (Å²) in [6.45, 7) is 1.85. The third-order valence-electron chi connectivity index (χ3n) is 2.76. The number of aryl methyl sites for hydroxylation is 1. The average Bonchev–Trinajstić information content (AvgIpc) is 2.42. The molecule has 0 saturated carbocycles. The van der Waals surface area contributed by atoms with Crippen LogP contribution < -0.4 is 4.90 Å². The maximum absolute atomic E-state index is 11.9. The zero-order valence-corrected chi connectivity index (χ0v) is 11.2. The predicted octanol–water partition coefficient (Wildman–Crippen LogP) is 2.59. The normalized spacial score (nSPS) is 17.2. The van der Waals surface area contributed by atoms with Crippen molar-refractivity contribution in [2.45, 2.75) is 32.6 Å². The number of nitrogens with zero attached hydrogens (tertiary/aromatic N) is 2. The van der Waals surface area contributed by atoms with Crippen molar-refractivity contribution in [3.63, 3.8) is 0 Å². The number of hydrogen-bond donors (Lipinski definition) is 0. The summed E-state index contributed by atoms with van der Waals surface area (Å²) in [4.78, 5) is 29.2. The van der Waals surface area contributed by atoms with Gasteiger partial charge in [0, 0.05) is 23.5 Å². The molecule has 4 nitrogen and oxygen atoms in total. The Morgan fingerprint density at radius 1 is 1.24 bits per heavy atom. The van der Waals surface area contributed by atoms with E-state index in [2.05, 4.69) is 20.9 Å². The highest BCUT2D eigenvalue weighted by atomic mass is 79.9. The molecule has 2 rings (SSSR count). The average molecular weight is 297 g/mol. The number of carbonyl (C=O) groups is 2. The first kappa shape index (κ1) is 12.2. The lowest BCUT2D eigenvalue weighted by atomic mass is 10.2. The van der Waals surface area contributed by atoms with Gasteiger partial charge in [-0.15, -0.1) is 0 Å². The molecule has 1 aliphatic rings. The predicted molar refractivity (Wildman–Crippen MR) is 67.6 cm³/mol. The van der Waals surface area contributed by atoms with E-state index in [4.69, 9.17) is 0 Å². The summed E-state index contributed by atoms with van der Waals surface area (Å²) in [7, 11) is 0. The van der Waals surface area contributed by atoms with Crippen LogP contribution in [-0.4, -0.2) is 16.8 Å². The fourth-order valence-electron chi connectivity index (χ4n) is 1.92. The molecule has 17 heavy (non-hydrogen) atoms. The summed E-state index contributed by atoms with van der Waals surface area (Å²) >= 11 is 3.32. The summed E-state index contributed by atoms with van der Waals surface area (Å²) < 4.78 is 0.841. The number of carbonyl (C=O) groups excluding carboxylic acids is 2. The van der Waals surface area contributed by atoms with E-state index in [-0.39, 0.29) is 11.8 Å². The van der Waals surface area contributed by atoms with Crippen molar-refractivity contribution in [2.75, 3.05) is 4.90 Å². The van der Waals surface area contributed by atoms with Gasteiger partial charge in [0.2, 0.25) is 11.8 Å². The van der Waals surface area contributed by atoms with Crippen LogP contribution in [0.1, 0.15) is 31.2 Å². The quantitative estimate of drug-likeness (QED) is 0.749. The van der Waals surface area contributed by atoms with Gasteiger partial charge in [0.1, 0.15) is 5.82 Å². The van der Waals surface area contributed by atoms with Gasteiger partial charge in [-0.25, -0.2) is 9.88 Å². The third-order valence-corrected chi connectivity index (χ3v) is 3.19. The largest absolute Gasteiger partial charge is 0.274 e. The second-order valence-electron chi connectivity index (χ2n) is 4.12. The van der Waals surface area contributed by atoms with Gasteiger partial charge in [0.15, 0.2) is 0 Å². The van der Waals surface area contributed by atoms with Gasteiger partial charge in [-0.05, 0) is 47.3 Å². The van der Waals surface area contributed by atoms with E-state index >= 15 is 0 Å². The molecular weight excluding hydrogens is 284 g/mol. The Morgan fingerprint density at radius 3 is 2.35 bits per heavy atom. The highest BCUT2D eigenvalue weighted by molar-refractivity contribution is 9.10. The molecule has 0 spiro atoms. The number of pyridine rings is 1. The van der Waals surface area contributed by atoms with Crippen molar-refractivity contribution >= 4 is 33.6 Å². The summed E-state index contributed by atoms with van der Waals surface area (Å²) in [6.07, 6.45) is 3.99. The highest BCUT2D eigenvalue weighted by Crippen LogP contribution is 2.24. The summed E-state index contributed by atoms with van der Waals surface area (Å²) in [5.74, 6) is 0.168. The van der Waals surface area contributed by atoms with Crippen LogP contribution >= 0.6 is 15.9 Å². The molecule has 1 saturated heterocycles. The molecule has 0 aliphatic carbocycles. The maximum Gasteiger partial charge on any atom is 0.234 e. The molecule has 1 aromatic heterocycles. The zero-order chi connectivity index (χ0) is 12.4. The van der Waals surface area contributed by atoms with Crippen molar-refractivity contribution in [1.82, 2.24) is 4.98 Å². The van der Waals surface area contributed by atoms with Crippen LogP contribution in [0.3, 0.4) is 0 Å². The number of amides is 2. The molecule has 0 unspecified atom stereocenters. The molecule has 1 aliphatic heterocycles. The van der Waals surface area contributed by atoms with E-state index < -0.39 is 0 Å². The van der Waals surface area contributed by atoms with E-state index in [0.29, 0.717) is 18.7 Å². The topological polar surface area (TPSA) is 50.3 Å². The van der Waals surface area contributed by atoms with Crippen LogP contribution in [0.2, 0.25) is 0 Å². The zero-order valence-electron chi connectivity index (χ0n) is 9.57. The lowest BCUT2D eigenvalue weighted by Gasteiger charge is -2.19. The van der Waals surface area contributed by atoms with Crippen LogP contribution in [0.25, 0.3) is 0 Å². The lowest BCUT2D eigenvalue weighted by molar-refractivity contribution is -0.125. The minimum atomic E-state index is -0.148. The molecule has 90 valence electrons. The molecule has 0 radical (unpaired) electrons. The molecule has 1 fully saturated rings. The van der Waals surface area contributed by atoms with Gasteiger partial charge in [0.05, 0.1) is 0 Å². The number of imide groups is 1. The summed E-state index contributed by atoms with van der Waals surface area (Å²) in [6, 6.07) is 1.85. The maximum atomic E-state index is 11.9. The molecule has 0 bridgehead atoms. The second-order valence-corrected chi connectivity index (χ2v) is 5.04. The van der Waals surface area contributed by atoms with Crippen LogP contribution in [0.15, 0.2) is 16.7 Å². The van der Waals surface area contributed by atoms with Crippen LogP contribution in [0.5, 0.6) is 0 Å². The Morgan fingerprint density at radius 2 is 1.82 bits per heavy atom. The number of anilines is 1. The first-order chi connectivity index (χ1) is 8.09. The van der Waals surface area contributed by atoms with Gasteiger partial charge >= 0.3 is 0 Å². The summed E-state index contributed by atoms with van der Waals surface area (Å²) in [5, 5.41) is 0. The molecule has 0 atom stereocenters. The smallest absolute Gasteiger partial charge is 0.234 e. The first-order valence-corrected chi connectivity index (χ1v) is 6.37. The van der Waals surface area contributed by atoms with E-state index in [1.807, 2.05) is 13.0 Å². The van der Waals surface area contributed by atoms with Gasteiger partial charge in [-0.1, -0.05) is 0 Å². The van der Waals surface area contributed by atoms with Gasteiger partial charge in [-0.3, -0.25) is 9.59 Å². The van der Waals surface area contributed by atoms with Crippen LogP contribution in [-0.2, 0) is 9.59 Å².